The van der Waals surface area contributed by atoms with Crippen molar-refractivity contribution in [1.29, 1.82) is 0 Å². The van der Waals surface area contributed by atoms with Crippen LogP contribution in [0.3, 0.4) is 0 Å². The first-order chi connectivity index (χ1) is 15.9. The third kappa shape index (κ3) is 4.10. The number of nitro benzene ring substituents is 1. The van der Waals surface area contributed by atoms with Crippen LogP contribution in [0.25, 0.3) is 20.3 Å². The van der Waals surface area contributed by atoms with E-state index in [1.807, 2.05) is 26.1 Å². The van der Waals surface area contributed by atoms with Crippen LogP contribution in [0.5, 0.6) is 0 Å². The third-order valence-electron chi connectivity index (χ3n) is 5.33. The van der Waals surface area contributed by atoms with Crippen LogP contribution >= 0.6 is 22.7 Å². The first kappa shape index (κ1) is 21.2. The second-order valence-corrected chi connectivity index (χ2v) is 9.83. The van der Waals surface area contributed by atoms with Gasteiger partial charge in [-0.05, 0) is 49.2 Å². The van der Waals surface area contributed by atoms with Gasteiger partial charge in [0.25, 0.3) is 11.6 Å². The van der Waals surface area contributed by atoms with Crippen LogP contribution in [-0.2, 0) is 6.54 Å². The number of carbonyl (C=O) groups excluding carboxylic acids is 1. The van der Waals surface area contributed by atoms with Crippen LogP contribution in [-0.4, -0.2) is 32.1 Å². The Labute approximate surface area is 196 Å². The number of thiazole rings is 1. The topological polar surface area (TPSA) is 94.2 Å². The van der Waals surface area contributed by atoms with E-state index in [9.17, 15) is 14.9 Å². The van der Waals surface area contributed by atoms with Gasteiger partial charge < -0.3 is 0 Å². The van der Waals surface area contributed by atoms with Gasteiger partial charge in [0.05, 0.1) is 26.6 Å². The predicted octanol–water partition coefficient (Wildman–Crippen LogP) is 5.58. The molecule has 10 heteroatoms. The second kappa shape index (κ2) is 8.38. The molecule has 0 radical (unpaired) electrons. The van der Waals surface area contributed by atoms with Crippen LogP contribution in [0, 0.1) is 24.0 Å². The number of aryl methyl sites for hydroxylation is 2. The average molecular weight is 478 g/mol. The molecule has 0 saturated carbocycles. The highest BCUT2D eigenvalue weighted by Gasteiger charge is 2.24. The molecule has 0 spiro atoms. The van der Waals surface area contributed by atoms with E-state index in [1.54, 1.807) is 27.9 Å². The van der Waals surface area contributed by atoms with Crippen LogP contribution in [0.4, 0.5) is 10.8 Å². The minimum absolute atomic E-state index is 0.00635. The van der Waals surface area contributed by atoms with E-state index in [-0.39, 0.29) is 11.6 Å². The molecule has 5 aromatic rings. The number of nitro groups is 1. The Morgan fingerprint density at radius 3 is 2.76 bits per heavy atom. The fourth-order valence-corrected chi connectivity index (χ4v) is 5.93. The van der Waals surface area contributed by atoms with Crippen LogP contribution in [0.15, 0.2) is 54.9 Å². The zero-order valence-electron chi connectivity index (χ0n) is 17.9. The first-order valence-electron chi connectivity index (χ1n) is 10.2. The molecule has 5 rings (SSSR count). The van der Waals surface area contributed by atoms with E-state index in [2.05, 4.69) is 17.2 Å². The Kier molecular flexibility index (Phi) is 5.39. The highest BCUT2D eigenvalue weighted by Crippen LogP contribution is 2.34. The molecule has 0 saturated heterocycles. The van der Waals surface area contributed by atoms with Gasteiger partial charge in [-0.25, -0.2) is 4.98 Å². The lowest BCUT2D eigenvalue weighted by atomic mass is 10.1. The van der Waals surface area contributed by atoms with Gasteiger partial charge in [0.15, 0.2) is 5.13 Å². The van der Waals surface area contributed by atoms with Crippen molar-refractivity contribution in [2.24, 2.45) is 0 Å². The predicted molar refractivity (Wildman–Crippen MR) is 131 cm³/mol. The fraction of sp³-hybridized carbons (Fsp3) is 0.174. The Hall–Kier alpha value is -3.63. The van der Waals surface area contributed by atoms with Crippen molar-refractivity contribution in [2.45, 2.75) is 20.4 Å². The number of fused-ring (bicyclic) bond motifs is 2. The van der Waals surface area contributed by atoms with E-state index in [0.717, 1.165) is 26.0 Å². The Morgan fingerprint density at radius 2 is 2.00 bits per heavy atom. The van der Waals surface area contributed by atoms with E-state index in [4.69, 9.17) is 4.98 Å². The highest BCUT2D eigenvalue weighted by atomic mass is 32.1. The molecule has 0 atom stereocenters. The number of carbonyl (C=O) groups is 1. The van der Waals surface area contributed by atoms with Crippen molar-refractivity contribution in [1.82, 2.24) is 14.8 Å². The summed E-state index contributed by atoms with van der Waals surface area (Å²) in [6.07, 6.45) is 3.56. The number of aromatic nitrogens is 3. The number of thiophene rings is 1. The molecule has 3 heterocycles. The zero-order chi connectivity index (χ0) is 23.1. The lowest BCUT2D eigenvalue weighted by Gasteiger charge is -2.19. The Morgan fingerprint density at radius 1 is 1.15 bits per heavy atom. The summed E-state index contributed by atoms with van der Waals surface area (Å²) >= 11 is 2.81. The molecule has 1 amide bonds. The van der Waals surface area contributed by atoms with Gasteiger partial charge in [0.2, 0.25) is 0 Å². The number of hydrogen-bond donors (Lipinski definition) is 0. The minimum atomic E-state index is -0.430. The SMILES string of the molecule is Cc1cc(C)c2nc(N(CCn3cccn3)C(=O)c3cc4cc([N+](=O)[O-])ccc4s3)sc2c1. The minimum Gasteiger partial charge on any atom is -0.281 e. The van der Waals surface area contributed by atoms with Crippen molar-refractivity contribution in [2.75, 3.05) is 11.4 Å². The molecule has 33 heavy (non-hydrogen) atoms. The smallest absolute Gasteiger partial charge is 0.270 e. The zero-order valence-corrected chi connectivity index (χ0v) is 19.5. The average Bonchev–Trinajstić information content (AvgIpc) is 3.52. The van der Waals surface area contributed by atoms with Crippen LogP contribution < -0.4 is 4.90 Å². The fourth-order valence-electron chi connectivity index (χ4n) is 3.78. The Balaban J connectivity index is 1.55. The summed E-state index contributed by atoms with van der Waals surface area (Å²) in [7, 11) is 0. The van der Waals surface area contributed by atoms with Gasteiger partial charge in [0, 0.05) is 41.2 Å². The van der Waals surface area contributed by atoms with E-state index >= 15 is 0 Å². The van der Waals surface area contributed by atoms with E-state index in [1.165, 1.54) is 34.8 Å². The van der Waals surface area contributed by atoms with Crippen molar-refractivity contribution in [3.63, 3.8) is 0 Å². The summed E-state index contributed by atoms with van der Waals surface area (Å²) in [6.45, 7) is 4.98. The Bertz CT molecular complexity index is 1500. The molecular formula is C23H19N5O3S2. The summed E-state index contributed by atoms with van der Waals surface area (Å²) in [5.74, 6) is -0.181. The lowest BCUT2D eigenvalue weighted by Crippen LogP contribution is -2.33. The lowest BCUT2D eigenvalue weighted by molar-refractivity contribution is -0.384. The van der Waals surface area contributed by atoms with Crippen molar-refractivity contribution in [3.8, 4) is 0 Å². The number of nitrogens with zero attached hydrogens (tertiary/aromatic N) is 5. The van der Waals surface area contributed by atoms with Crippen molar-refractivity contribution in [3.05, 3.63) is 81.0 Å². The number of benzene rings is 2. The van der Waals surface area contributed by atoms with Gasteiger partial charge in [0.1, 0.15) is 0 Å². The maximum Gasteiger partial charge on any atom is 0.270 e. The molecule has 0 N–H and O–H groups in total. The number of non-ortho nitro benzene ring substituents is 1. The van der Waals surface area contributed by atoms with Gasteiger partial charge in [-0.1, -0.05) is 17.4 Å². The molecule has 0 unspecified atom stereocenters. The molecule has 8 nitrogen and oxygen atoms in total. The summed E-state index contributed by atoms with van der Waals surface area (Å²) in [5.41, 5.74) is 3.12. The van der Waals surface area contributed by atoms with Gasteiger partial charge in [-0.2, -0.15) is 5.10 Å². The van der Waals surface area contributed by atoms with Crippen LogP contribution in [0.2, 0.25) is 0 Å². The van der Waals surface area contributed by atoms with Gasteiger partial charge in [-0.15, -0.1) is 11.3 Å². The molecule has 0 aliphatic carbocycles. The quantitative estimate of drug-likeness (QED) is 0.235. The maximum absolute atomic E-state index is 13.7. The van der Waals surface area contributed by atoms with Crippen LogP contribution in [0.1, 0.15) is 20.8 Å². The summed E-state index contributed by atoms with van der Waals surface area (Å²) in [4.78, 5) is 31.4. The number of anilines is 1. The van der Waals surface area contributed by atoms with E-state index in [0.29, 0.717) is 28.5 Å². The maximum atomic E-state index is 13.7. The second-order valence-electron chi connectivity index (χ2n) is 7.74. The largest absolute Gasteiger partial charge is 0.281 e. The highest BCUT2D eigenvalue weighted by molar-refractivity contribution is 7.23. The normalized spacial score (nSPS) is 11.3. The summed E-state index contributed by atoms with van der Waals surface area (Å²) < 4.78 is 3.63. The molecule has 0 aliphatic rings. The monoisotopic (exact) mass is 477 g/mol. The van der Waals surface area contributed by atoms with Gasteiger partial charge >= 0.3 is 0 Å². The molecule has 0 fully saturated rings. The number of amides is 1. The molecular weight excluding hydrogens is 458 g/mol. The molecule has 166 valence electrons. The standard InChI is InChI=1S/C23H19N5O3S2/c1-14-10-15(2)21-19(11-14)33-23(25-21)27(9-8-26-7-3-6-24-26)22(29)20-13-16-12-17(28(30)31)4-5-18(16)32-20/h3-7,10-13H,8-9H2,1-2H3. The van der Waals surface area contributed by atoms with E-state index < -0.39 is 4.92 Å². The van der Waals surface area contributed by atoms with Crippen molar-refractivity contribution < 1.29 is 9.72 Å². The van der Waals surface area contributed by atoms with Crippen molar-refractivity contribution >= 4 is 59.7 Å². The summed E-state index contributed by atoms with van der Waals surface area (Å²) in [6, 6.07) is 12.4. The molecule has 3 aromatic heterocycles. The molecule has 2 aromatic carbocycles. The number of rotatable bonds is 6. The number of hydrogen-bond acceptors (Lipinski definition) is 7. The third-order valence-corrected chi connectivity index (χ3v) is 7.46. The first-order valence-corrected chi connectivity index (χ1v) is 11.9. The molecule has 0 bridgehead atoms. The molecule has 0 aliphatic heterocycles. The van der Waals surface area contributed by atoms with Gasteiger partial charge in [-0.3, -0.25) is 24.5 Å². The summed E-state index contributed by atoms with van der Waals surface area (Å²) in [5, 5.41) is 16.7.